The maximum atomic E-state index is 12.2. The Kier molecular flexibility index (Phi) is 3.29. The van der Waals surface area contributed by atoms with Crippen molar-refractivity contribution in [3.05, 3.63) is 33.8 Å². The molecule has 0 aliphatic heterocycles. The second-order valence-corrected chi connectivity index (χ2v) is 3.45. The fourth-order valence-electron chi connectivity index (χ4n) is 0.937. The van der Waals surface area contributed by atoms with Crippen LogP contribution in [0.1, 0.15) is 11.6 Å². The third-order valence-electron chi connectivity index (χ3n) is 1.67. The molecular formula is C8H6Cl2F3N. The summed E-state index contributed by atoms with van der Waals surface area (Å²) in [4.78, 5) is 0. The van der Waals surface area contributed by atoms with E-state index in [2.05, 4.69) is 0 Å². The molecule has 1 atom stereocenters. The summed E-state index contributed by atoms with van der Waals surface area (Å²) in [5, 5.41) is -0.0946. The molecule has 0 aliphatic carbocycles. The van der Waals surface area contributed by atoms with E-state index in [1.807, 2.05) is 0 Å². The molecule has 0 saturated heterocycles. The van der Waals surface area contributed by atoms with Crippen molar-refractivity contribution < 1.29 is 13.2 Å². The molecule has 0 heterocycles. The minimum absolute atomic E-state index is 0.0591. The van der Waals surface area contributed by atoms with Crippen molar-refractivity contribution in [1.82, 2.24) is 0 Å². The van der Waals surface area contributed by atoms with E-state index in [0.29, 0.717) is 0 Å². The van der Waals surface area contributed by atoms with Crippen molar-refractivity contribution in [2.75, 3.05) is 0 Å². The van der Waals surface area contributed by atoms with Gasteiger partial charge in [-0.05, 0) is 11.6 Å². The van der Waals surface area contributed by atoms with Gasteiger partial charge in [-0.2, -0.15) is 13.2 Å². The molecule has 1 rings (SSSR count). The normalized spacial score (nSPS) is 14.1. The molecule has 0 radical (unpaired) electrons. The van der Waals surface area contributed by atoms with E-state index in [1.165, 1.54) is 18.2 Å². The van der Waals surface area contributed by atoms with Gasteiger partial charge in [0.2, 0.25) is 0 Å². The molecule has 0 fully saturated rings. The Labute approximate surface area is 88.6 Å². The lowest BCUT2D eigenvalue weighted by atomic mass is 10.1. The van der Waals surface area contributed by atoms with Crippen LogP contribution in [0.4, 0.5) is 13.2 Å². The number of alkyl halides is 3. The van der Waals surface area contributed by atoms with Crippen LogP contribution in [0.2, 0.25) is 10.0 Å². The van der Waals surface area contributed by atoms with Crippen LogP contribution in [-0.4, -0.2) is 6.18 Å². The number of rotatable bonds is 1. The Morgan fingerprint density at radius 1 is 1.21 bits per heavy atom. The predicted octanol–water partition coefficient (Wildman–Crippen LogP) is 3.56. The lowest BCUT2D eigenvalue weighted by molar-refractivity contribution is -0.149. The first-order valence-electron chi connectivity index (χ1n) is 3.60. The SMILES string of the molecule is NC(c1cccc(Cl)c1Cl)C(F)(F)F. The third-order valence-corrected chi connectivity index (χ3v) is 2.50. The molecule has 0 amide bonds. The Balaban J connectivity index is 3.14. The summed E-state index contributed by atoms with van der Waals surface area (Å²) >= 11 is 11.1. The van der Waals surface area contributed by atoms with E-state index >= 15 is 0 Å². The van der Waals surface area contributed by atoms with Crippen molar-refractivity contribution in [1.29, 1.82) is 0 Å². The summed E-state index contributed by atoms with van der Waals surface area (Å²) in [5.74, 6) is 0. The molecule has 6 heteroatoms. The highest BCUT2D eigenvalue weighted by atomic mass is 35.5. The highest BCUT2D eigenvalue weighted by Gasteiger charge is 2.39. The van der Waals surface area contributed by atoms with E-state index in [1.54, 1.807) is 0 Å². The van der Waals surface area contributed by atoms with Gasteiger partial charge in [0.25, 0.3) is 0 Å². The quantitative estimate of drug-likeness (QED) is 0.802. The molecule has 78 valence electrons. The average Bonchev–Trinajstić information content (AvgIpc) is 2.07. The highest BCUT2D eigenvalue weighted by Crippen LogP contribution is 2.36. The minimum atomic E-state index is -4.52. The van der Waals surface area contributed by atoms with Gasteiger partial charge in [0.1, 0.15) is 6.04 Å². The summed E-state index contributed by atoms with van der Waals surface area (Å²) in [6, 6.07) is 1.87. The first-order chi connectivity index (χ1) is 6.34. The first kappa shape index (κ1) is 11.6. The van der Waals surface area contributed by atoms with Crippen molar-refractivity contribution >= 4 is 23.2 Å². The summed E-state index contributed by atoms with van der Waals surface area (Å²) < 4.78 is 36.7. The number of nitrogens with two attached hydrogens (primary N) is 1. The predicted molar refractivity (Wildman–Crippen MR) is 49.4 cm³/mol. The van der Waals surface area contributed by atoms with Gasteiger partial charge in [0.15, 0.2) is 0 Å². The summed E-state index contributed by atoms with van der Waals surface area (Å²) in [6.45, 7) is 0. The van der Waals surface area contributed by atoms with Gasteiger partial charge in [-0.25, -0.2) is 0 Å². The van der Waals surface area contributed by atoms with Crippen LogP contribution in [0, 0.1) is 0 Å². The average molecular weight is 244 g/mol. The summed E-state index contributed by atoms with van der Waals surface area (Å²) in [6.07, 6.45) is -4.52. The number of benzene rings is 1. The molecule has 0 aromatic heterocycles. The van der Waals surface area contributed by atoms with Crippen LogP contribution in [0.3, 0.4) is 0 Å². The maximum absolute atomic E-state index is 12.2. The van der Waals surface area contributed by atoms with Crippen LogP contribution in [-0.2, 0) is 0 Å². The highest BCUT2D eigenvalue weighted by molar-refractivity contribution is 6.42. The molecule has 0 spiro atoms. The third kappa shape index (κ3) is 2.32. The first-order valence-corrected chi connectivity index (χ1v) is 4.36. The lowest BCUT2D eigenvalue weighted by Gasteiger charge is -2.17. The monoisotopic (exact) mass is 243 g/mol. The lowest BCUT2D eigenvalue weighted by Crippen LogP contribution is -2.28. The van der Waals surface area contributed by atoms with Crippen molar-refractivity contribution in [2.24, 2.45) is 5.73 Å². The zero-order chi connectivity index (χ0) is 10.9. The minimum Gasteiger partial charge on any atom is -0.316 e. The van der Waals surface area contributed by atoms with Gasteiger partial charge in [0.05, 0.1) is 10.0 Å². The molecule has 2 N–H and O–H groups in total. The zero-order valence-corrected chi connectivity index (χ0v) is 8.29. The van der Waals surface area contributed by atoms with E-state index < -0.39 is 12.2 Å². The Bertz CT molecular complexity index is 338. The van der Waals surface area contributed by atoms with Crippen LogP contribution >= 0.6 is 23.2 Å². The van der Waals surface area contributed by atoms with E-state index in [-0.39, 0.29) is 15.6 Å². The van der Waals surface area contributed by atoms with Crippen LogP contribution < -0.4 is 5.73 Å². The second-order valence-electron chi connectivity index (χ2n) is 2.66. The van der Waals surface area contributed by atoms with Gasteiger partial charge in [-0.3, -0.25) is 0 Å². The zero-order valence-electron chi connectivity index (χ0n) is 6.78. The molecular weight excluding hydrogens is 238 g/mol. The van der Waals surface area contributed by atoms with Crippen molar-refractivity contribution in [3.63, 3.8) is 0 Å². The second kappa shape index (κ2) is 3.96. The smallest absolute Gasteiger partial charge is 0.316 e. The molecule has 14 heavy (non-hydrogen) atoms. The molecule has 1 nitrogen and oxygen atoms in total. The number of hydrogen-bond donors (Lipinski definition) is 1. The van der Waals surface area contributed by atoms with Gasteiger partial charge < -0.3 is 5.73 Å². The summed E-state index contributed by atoms with van der Waals surface area (Å²) in [5.41, 5.74) is 4.76. The van der Waals surface area contributed by atoms with E-state index in [0.717, 1.165) is 0 Å². The van der Waals surface area contributed by atoms with E-state index in [9.17, 15) is 13.2 Å². The topological polar surface area (TPSA) is 26.0 Å². The molecule has 1 aromatic carbocycles. The van der Waals surface area contributed by atoms with Crippen molar-refractivity contribution in [3.8, 4) is 0 Å². The fourth-order valence-corrected chi connectivity index (χ4v) is 1.36. The molecule has 0 bridgehead atoms. The Hall–Kier alpha value is -0.450. The Morgan fingerprint density at radius 3 is 2.29 bits per heavy atom. The van der Waals surface area contributed by atoms with Gasteiger partial charge >= 0.3 is 6.18 Å². The van der Waals surface area contributed by atoms with Crippen molar-refractivity contribution in [2.45, 2.75) is 12.2 Å². The van der Waals surface area contributed by atoms with Crippen LogP contribution in [0.5, 0.6) is 0 Å². The standard InChI is InChI=1S/C8H6Cl2F3N/c9-5-3-1-2-4(6(5)10)7(14)8(11,12)13/h1-3,7H,14H2. The molecule has 1 aromatic rings. The van der Waals surface area contributed by atoms with Gasteiger partial charge in [-0.15, -0.1) is 0 Å². The number of hydrogen-bond acceptors (Lipinski definition) is 1. The van der Waals surface area contributed by atoms with Gasteiger partial charge in [0, 0.05) is 0 Å². The molecule has 0 aliphatic rings. The van der Waals surface area contributed by atoms with Crippen LogP contribution in [0.25, 0.3) is 0 Å². The van der Waals surface area contributed by atoms with Crippen LogP contribution in [0.15, 0.2) is 18.2 Å². The fraction of sp³-hybridized carbons (Fsp3) is 0.250. The maximum Gasteiger partial charge on any atom is 0.407 e. The largest absolute Gasteiger partial charge is 0.407 e. The Morgan fingerprint density at radius 2 is 1.79 bits per heavy atom. The molecule has 0 saturated carbocycles. The summed E-state index contributed by atoms with van der Waals surface area (Å²) in [7, 11) is 0. The number of halogens is 5. The molecule has 1 unspecified atom stereocenters. The van der Waals surface area contributed by atoms with Gasteiger partial charge in [-0.1, -0.05) is 35.3 Å². The van der Waals surface area contributed by atoms with E-state index in [4.69, 9.17) is 28.9 Å².